The van der Waals surface area contributed by atoms with Crippen LogP contribution in [-0.4, -0.2) is 32.0 Å². The first kappa shape index (κ1) is 15.5. The molecule has 0 radical (unpaired) electrons. The van der Waals surface area contributed by atoms with E-state index in [9.17, 15) is 18.5 Å². The van der Waals surface area contributed by atoms with Gasteiger partial charge in [-0.3, -0.25) is 4.79 Å². The second kappa shape index (κ2) is 5.49. The molecule has 0 aliphatic heterocycles. The zero-order valence-corrected chi connectivity index (χ0v) is 12.8. The summed E-state index contributed by atoms with van der Waals surface area (Å²) in [6.45, 7) is 3.26. The van der Waals surface area contributed by atoms with E-state index in [4.69, 9.17) is 4.74 Å². The van der Waals surface area contributed by atoms with E-state index in [-0.39, 0.29) is 12.4 Å². The molecular weight excluding hydrogens is 290 g/mol. The molecule has 2 rings (SSSR count). The summed E-state index contributed by atoms with van der Waals surface area (Å²) >= 11 is 0. The second-order valence-corrected chi connectivity index (χ2v) is 7.37. The number of esters is 1. The Hall–Kier alpha value is -1.87. The minimum absolute atomic E-state index is 0.107. The van der Waals surface area contributed by atoms with Crippen molar-refractivity contribution >= 4 is 15.8 Å². The van der Waals surface area contributed by atoms with Crippen molar-refractivity contribution < 1.29 is 17.9 Å². The molecule has 0 amide bonds. The Morgan fingerprint density at radius 1 is 1.33 bits per heavy atom. The fraction of sp³-hybridized carbons (Fsp3) is 0.467. The van der Waals surface area contributed by atoms with Crippen molar-refractivity contribution in [3.05, 3.63) is 35.9 Å². The summed E-state index contributed by atoms with van der Waals surface area (Å²) in [5.41, 5.74) is -0.944. The van der Waals surface area contributed by atoms with Gasteiger partial charge in [0, 0.05) is 11.7 Å². The van der Waals surface area contributed by atoms with E-state index in [1.54, 1.807) is 37.3 Å². The van der Waals surface area contributed by atoms with Gasteiger partial charge in [0.05, 0.1) is 12.7 Å². The third kappa shape index (κ3) is 2.32. The van der Waals surface area contributed by atoms with Crippen LogP contribution < -0.4 is 0 Å². The average molecular weight is 307 g/mol. The number of hydrogen-bond acceptors (Lipinski definition) is 5. The predicted molar refractivity (Wildman–Crippen MR) is 77.1 cm³/mol. The number of sulfone groups is 1. The van der Waals surface area contributed by atoms with Gasteiger partial charge >= 0.3 is 5.97 Å². The third-order valence-electron chi connectivity index (χ3n) is 3.88. The maximum absolute atomic E-state index is 12.3. The predicted octanol–water partition coefficient (Wildman–Crippen LogP) is 1.66. The van der Waals surface area contributed by atoms with Crippen LogP contribution in [0.1, 0.15) is 25.3 Å². The van der Waals surface area contributed by atoms with Crippen molar-refractivity contribution in [2.45, 2.75) is 25.0 Å². The molecule has 1 fully saturated rings. The van der Waals surface area contributed by atoms with Crippen molar-refractivity contribution in [2.75, 3.05) is 12.4 Å². The molecule has 21 heavy (non-hydrogen) atoms. The maximum atomic E-state index is 12.3. The van der Waals surface area contributed by atoms with Gasteiger partial charge in [0.25, 0.3) is 0 Å². The van der Waals surface area contributed by atoms with Crippen molar-refractivity contribution in [1.82, 2.24) is 0 Å². The van der Waals surface area contributed by atoms with Crippen molar-refractivity contribution in [2.24, 2.45) is 5.41 Å². The molecule has 1 aliphatic rings. The van der Waals surface area contributed by atoms with Gasteiger partial charge < -0.3 is 4.74 Å². The molecule has 112 valence electrons. The summed E-state index contributed by atoms with van der Waals surface area (Å²) in [6.07, 6.45) is 0. The topological polar surface area (TPSA) is 84.2 Å². The van der Waals surface area contributed by atoms with Crippen LogP contribution in [0.3, 0.4) is 0 Å². The lowest BCUT2D eigenvalue weighted by Crippen LogP contribution is -2.26. The van der Waals surface area contributed by atoms with Crippen molar-refractivity contribution in [3.8, 4) is 6.07 Å². The van der Waals surface area contributed by atoms with Gasteiger partial charge in [-0.05, 0) is 12.5 Å². The molecule has 0 saturated heterocycles. The summed E-state index contributed by atoms with van der Waals surface area (Å²) in [7, 11) is -3.53. The van der Waals surface area contributed by atoms with E-state index >= 15 is 0 Å². The average Bonchev–Trinajstić information content (AvgIpc) is 3.20. The lowest BCUT2D eigenvalue weighted by molar-refractivity contribution is -0.147. The Kier molecular flexibility index (Phi) is 4.06. The largest absolute Gasteiger partial charge is 0.465 e. The van der Waals surface area contributed by atoms with E-state index in [1.807, 2.05) is 6.07 Å². The number of carbonyl (C=O) groups excluding carboxylic acids is 1. The van der Waals surface area contributed by atoms with E-state index in [2.05, 4.69) is 0 Å². The smallest absolute Gasteiger partial charge is 0.328 e. The Balaban J connectivity index is 2.52. The zero-order valence-electron chi connectivity index (χ0n) is 11.9. The number of nitriles is 1. The highest BCUT2D eigenvalue weighted by molar-refractivity contribution is 7.92. The van der Waals surface area contributed by atoms with Gasteiger partial charge in [-0.2, -0.15) is 5.26 Å². The Labute approximate surface area is 124 Å². The molecule has 3 atom stereocenters. The number of ether oxygens (including phenoxy) is 1. The van der Waals surface area contributed by atoms with E-state index in [0.717, 1.165) is 0 Å². The van der Waals surface area contributed by atoms with E-state index in [1.165, 1.54) is 6.92 Å². The fourth-order valence-corrected chi connectivity index (χ4v) is 4.73. The van der Waals surface area contributed by atoms with E-state index in [0.29, 0.717) is 5.56 Å². The first-order valence-electron chi connectivity index (χ1n) is 6.80. The van der Waals surface area contributed by atoms with Crippen molar-refractivity contribution in [3.63, 3.8) is 0 Å². The molecule has 6 heteroatoms. The molecule has 0 heterocycles. The summed E-state index contributed by atoms with van der Waals surface area (Å²) in [5.74, 6) is -1.51. The number of hydrogen-bond donors (Lipinski definition) is 0. The van der Waals surface area contributed by atoms with Gasteiger partial charge in [0.1, 0.15) is 5.25 Å². The Morgan fingerprint density at radius 3 is 2.43 bits per heavy atom. The standard InChI is InChI=1S/C15H17NO4S/c1-3-20-14(17)15(10-16)12(11-8-6-5-7-9-11)13(15)21(18,19)4-2/h5-9,12-13H,3-4H2,1-2H3/t12-,13+,15+/m0/s1. The van der Waals surface area contributed by atoms with Gasteiger partial charge in [-0.1, -0.05) is 37.3 Å². The zero-order chi connectivity index (χ0) is 15.7. The number of nitrogens with zero attached hydrogens (tertiary/aromatic N) is 1. The second-order valence-electron chi connectivity index (χ2n) is 4.96. The van der Waals surface area contributed by atoms with Crippen LogP contribution in [0.15, 0.2) is 30.3 Å². The minimum atomic E-state index is -3.53. The van der Waals surface area contributed by atoms with Crippen LogP contribution in [0.2, 0.25) is 0 Å². The van der Waals surface area contributed by atoms with Gasteiger partial charge in [0.2, 0.25) is 0 Å². The molecule has 0 spiro atoms. The monoisotopic (exact) mass is 307 g/mol. The summed E-state index contributed by atoms with van der Waals surface area (Å²) in [4.78, 5) is 12.2. The summed E-state index contributed by atoms with van der Waals surface area (Å²) in [5, 5.41) is 8.47. The third-order valence-corrected chi connectivity index (χ3v) is 6.10. The Morgan fingerprint density at radius 2 is 1.95 bits per heavy atom. The highest BCUT2D eigenvalue weighted by Crippen LogP contribution is 2.63. The fourth-order valence-electron chi connectivity index (χ4n) is 2.80. The van der Waals surface area contributed by atoms with Gasteiger partial charge in [0.15, 0.2) is 15.3 Å². The molecule has 1 aromatic carbocycles. The van der Waals surface area contributed by atoms with E-state index < -0.39 is 32.4 Å². The highest BCUT2D eigenvalue weighted by atomic mass is 32.2. The van der Waals surface area contributed by atoms with Crippen LogP contribution in [0.4, 0.5) is 0 Å². The quantitative estimate of drug-likeness (QED) is 0.772. The molecule has 1 saturated carbocycles. The normalized spacial score (nSPS) is 27.7. The van der Waals surface area contributed by atoms with Gasteiger partial charge in [-0.15, -0.1) is 0 Å². The molecule has 0 aromatic heterocycles. The first-order chi connectivity index (χ1) is 9.95. The minimum Gasteiger partial charge on any atom is -0.465 e. The van der Waals surface area contributed by atoms with Crippen molar-refractivity contribution in [1.29, 1.82) is 5.26 Å². The molecule has 0 unspecified atom stereocenters. The van der Waals surface area contributed by atoms with Crippen LogP contribution in [0.25, 0.3) is 0 Å². The molecule has 5 nitrogen and oxygen atoms in total. The summed E-state index contributed by atoms with van der Waals surface area (Å²) < 4.78 is 29.5. The maximum Gasteiger partial charge on any atom is 0.328 e. The first-order valence-corrected chi connectivity index (χ1v) is 8.52. The highest BCUT2D eigenvalue weighted by Gasteiger charge is 2.77. The SMILES string of the molecule is CCOC(=O)[C@@]1(C#N)[C@H](S(=O)(=O)CC)[C@@H]1c1ccccc1. The lowest BCUT2D eigenvalue weighted by Gasteiger charge is -2.08. The summed E-state index contributed by atoms with van der Waals surface area (Å²) in [6, 6.07) is 10.7. The van der Waals surface area contributed by atoms with Crippen LogP contribution in [0.5, 0.6) is 0 Å². The van der Waals surface area contributed by atoms with Gasteiger partial charge in [-0.25, -0.2) is 8.42 Å². The molecule has 1 aliphatic carbocycles. The molecular formula is C15H17NO4S. The van der Waals surface area contributed by atoms with Crippen LogP contribution in [0, 0.1) is 16.7 Å². The molecule has 0 bridgehead atoms. The lowest BCUT2D eigenvalue weighted by atomic mass is 10.0. The van der Waals surface area contributed by atoms with Crippen LogP contribution >= 0.6 is 0 Å². The molecule has 1 aromatic rings. The number of carbonyl (C=O) groups is 1. The molecule has 0 N–H and O–H groups in total. The number of benzene rings is 1. The number of rotatable bonds is 5. The Bertz CT molecular complexity index is 677. The van der Waals surface area contributed by atoms with Crippen LogP contribution in [-0.2, 0) is 19.4 Å².